The van der Waals surface area contributed by atoms with Gasteiger partial charge in [-0.1, -0.05) is 18.2 Å². The van der Waals surface area contributed by atoms with Gasteiger partial charge in [-0.2, -0.15) is 5.10 Å². The van der Waals surface area contributed by atoms with E-state index in [1.807, 2.05) is 36.5 Å². The first-order valence-electron chi connectivity index (χ1n) is 5.46. The van der Waals surface area contributed by atoms with Gasteiger partial charge in [0, 0.05) is 18.3 Å². The van der Waals surface area contributed by atoms with Crippen LogP contribution in [0.2, 0.25) is 0 Å². The standard InChI is InChI=1S/C13H12N4/c14-8-10-3-1-4-11(7-10)12-9-17-13(16-12)5-2-6-15-17/h1-7,9H,8,14H2. The van der Waals surface area contributed by atoms with E-state index in [-0.39, 0.29) is 0 Å². The van der Waals surface area contributed by atoms with Crippen LogP contribution in [0.15, 0.2) is 48.8 Å². The minimum atomic E-state index is 0.541. The summed E-state index contributed by atoms with van der Waals surface area (Å²) >= 11 is 0. The fourth-order valence-electron chi connectivity index (χ4n) is 1.83. The Morgan fingerprint density at radius 1 is 1.18 bits per heavy atom. The number of hydrogen-bond donors (Lipinski definition) is 1. The van der Waals surface area contributed by atoms with Gasteiger partial charge in [0.1, 0.15) is 0 Å². The first-order valence-corrected chi connectivity index (χ1v) is 5.46. The summed E-state index contributed by atoms with van der Waals surface area (Å²) in [5, 5.41) is 4.20. The van der Waals surface area contributed by atoms with Gasteiger partial charge >= 0.3 is 0 Å². The summed E-state index contributed by atoms with van der Waals surface area (Å²) < 4.78 is 1.77. The maximum Gasteiger partial charge on any atom is 0.154 e. The Hall–Kier alpha value is -2.20. The van der Waals surface area contributed by atoms with E-state index in [0.29, 0.717) is 6.54 Å². The molecule has 17 heavy (non-hydrogen) atoms. The fraction of sp³-hybridized carbons (Fsp3) is 0.0769. The zero-order valence-electron chi connectivity index (χ0n) is 9.24. The molecular formula is C13H12N4. The van der Waals surface area contributed by atoms with E-state index < -0.39 is 0 Å². The maximum atomic E-state index is 5.63. The minimum Gasteiger partial charge on any atom is -0.326 e. The van der Waals surface area contributed by atoms with Crippen LogP contribution in [0.4, 0.5) is 0 Å². The van der Waals surface area contributed by atoms with Crippen molar-refractivity contribution in [2.75, 3.05) is 0 Å². The Morgan fingerprint density at radius 3 is 2.94 bits per heavy atom. The van der Waals surface area contributed by atoms with Crippen LogP contribution in [0.5, 0.6) is 0 Å². The highest BCUT2D eigenvalue weighted by Gasteiger charge is 2.04. The molecule has 3 aromatic rings. The van der Waals surface area contributed by atoms with E-state index in [4.69, 9.17) is 5.73 Å². The Labute approximate surface area is 98.7 Å². The summed E-state index contributed by atoms with van der Waals surface area (Å²) in [6.07, 6.45) is 3.67. The number of benzene rings is 1. The van der Waals surface area contributed by atoms with Gasteiger partial charge < -0.3 is 5.73 Å². The normalized spacial score (nSPS) is 10.9. The van der Waals surface area contributed by atoms with Crippen molar-refractivity contribution in [3.63, 3.8) is 0 Å². The zero-order valence-corrected chi connectivity index (χ0v) is 9.24. The van der Waals surface area contributed by atoms with Crippen molar-refractivity contribution in [1.82, 2.24) is 14.6 Å². The number of nitrogens with two attached hydrogens (primary N) is 1. The third-order valence-electron chi connectivity index (χ3n) is 2.70. The molecule has 2 aromatic heterocycles. The lowest BCUT2D eigenvalue weighted by atomic mass is 10.1. The molecule has 1 aromatic carbocycles. The molecule has 0 amide bonds. The fourth-order valence-corrected chi connectivity index (χ4v) is 1.83. The van der Waals surface area contributed by atoms with Crippen molar-refractivity contribution in [3.05, 3.63) is 54.4 Å². The van der Waals surface area contributed by atoms with Gasteiger partial charge in [0.05, 0.1) is 11.9 Å². The molecule has 0 saturated heterocycles. The van der Waals surface area contributed by atoms with Gasteiger partial charge in [-0.25, -0.2) is 9.50 Å². The highest BCUT2D eigenvalue weighted by Crippen LogP contribution is 2.19. The lowest BCUT2D eigenvalue weighted by Crippen LogP contribution is -1.95. The second-order valence-electron chi connectivity index (χ2n) is 3.86. The first kappa shape index (κ1) is 9.99. The van der Waals surface area contributed by atoms with E-state index >= 15 is 0 Å². The first-order chi connectivity index (χ1) is 8.36. The SMILES string of the molecule is NCc1cccc(-c2cn3ncccc3n2)c1. The average molecular weight is 224 g/mol. The van der Waals surface area contributed by atoms with E-state index in [1.165, 1.54) is 0 Å². The lowest BCUT2D eigenvalue weighted by Gasteiger charge is -1.99. The maximum absolute atomic E-state index is 5.63. The van der Waals surface area contributed by atoms with Crippen molar-refractivity contribution in [3.8, 4) is 11.3 Å². The van der Waals surface area contributed by atoms with Gasteiger partial charge in [0.2, 0.25) is 0 Å². The topological polar surface area (TPSA) is 56.2 Å². The molecule has 0 aliphatic heterocycles. The number of aromatic nitrogens is 3. The predicted molar refractivity (Wildman–Crippen MR) is 66.3 cm³/mol. The molecule has 0 fully saturated rings. The summed E-state index contributed by atoms with van der Waals surface area (Å²) in [7, 11) is 0. The third kappa shape index (κ3) is 1.79. The molecule has 84 valence electrons. The van der Waals surface area contributed by atoms with Crippen LogP contribution >= 0.6 is 0 Å². The number of rotatable bonds is 2. The van der Waals surface area contributed by atoms with Crippen LogP contribution in [0.1, 0.15) is 5.56 Å². The Balaban J connectivity index is 2.13. The Bertz CT molecular complexity index is 624. The van der Waals surface area contributed by atoms with E-state index in [1.54, 1.807) is 10.7 Å². The van der Waals surface area contributed by atoms with Crippen LogP contribution in [-0.4, -0.2) is 14.6 Å². The molecule has 0 saturated carbocycles. The second-order valence-corrected chi connectivity index (χ2v) is 3.86. The van der Waals surface area contributed by atoms with Crippen molar-refractivity contribution in [1.29, 1.82) is 0 Å². The van der Waals surface area contributed by atoms with Crippen LogP contribution < -0.4 is 5.73 Å². The molecular weight excluding hydrogens is 212 g/mol. The summed E-state index contributed by atoms with van der Waals surface area (Å²) in [5.74, 6) is 0. The molecule has 3 rings (SSSR count). The molecule has 0 atom stereocenters. The molecule has 0 bridgehead atoms. The van der Waals surface area contributed by atoms with Crippen molar-refractivity contribution < 1.29 is 0 Å². The number of nitrogens with zero attached hydrogens (tertiary/aromatic N) is 3. The molecule has 0 unspecified atom stereocenters. The smallest absolute Gasteiger partial charge is 0.154 e. The van der Waals surface area contributed by atoms with Gasteiger partial charge in [-0.3, -0.25) is 0 Å². The highest BCUT2D eigenvalue weighted by atomic mass is 15.2. The molecule has 0 radical (unpaired) electrons. The zero-order chi connectivity index (χ0) is 11.7. The Morgan fingerprint density at radius 2 is 2.12 bits per heavy atom. The van der Waals surface area contributed by atoms with E-state index in [0.717, 1.165) is 22.5 Å². The molecule has 0 aliphatic carbocycles. The summed E-state index contributed by atoms with van der Waals surface area (Å²) in [5.41, 5.74) is 9.57. The van der Waals surface area contributed by atoms with Gasteiger partial charge in [0.15, 0.2) is 5.65 Å². The van der Waals surface area contributed by atoms with Crippen molar-refractivity contribution >= 4 is 5.65 Å². The largest absolute Gasteiger partial charge is 0.326 e. The van der Waals surface area contributed by atoms with E-state index in [9.17, 15) is 0 Å². The number of fused-ring (bicyclic) bond motifs is 1. The summed E-state index contributed by atoms with van der Waals surface area (Å²) in [6, 6.07) is 11.9. The third-order valence-corrected chi connectivity index (χ3v) is 2.70. The average Bonchev–Trinajstić information content (AvgIpc) is 2.82. The molecule has 0 spiro atoms. The van der Waals surface area contributed by atoms with Gasteiger partial charge in [-0.05, 0) is 23.8 Å². The lowest BCUT2D eigenvalue weighted by molar-refractivity contribution is 0.936. The molecule has 2 N–H and O–H groups in total. The van der Waals surface area contributed by atoms with Crippen LogP contribution in [0.25, 0.3) is 16.9 Å². The van der Waals surface area contributed by atoms with Gasteiger partial charge in [0.25, 0.3) is 0 Å². The van der Waals surface area contributed by atoms with E-state index in [2.05, 4.69) is 16.1 Å². The monoisotopic (exact) mass is 224 g/mol. The molecule has 0 aliphatic rings. The summed E-state index contributed by atoms with van der Waals surface area (Å²) in [4.78, 5) is 4.52. The highest BCUT2D eigenvalue weighted by molar-refractivity contribution is 5.62. The number of hydrogen-bond acceptors (Lipinski definition) is 3. The summed E-state index contributed by atoms with van der Waals surface area (Å²) in [6.45, 7) is 0.541. The van der Waals surface area contributed by atoms with Crippen molar-refractivity contribution in [2.45, 2.75) is 6.54 Å². The number of imidazole rings is 1. The van der Waals surface area contributed by atoms with Crippen LogP contribution in [0.3, 0.4) is 0 Å². The van der Waals surface area contributed by atoms with Crippen LogP contribution in [-0.2, 0) is 6.54 Å². The predicted octanol–water partition coefficient (Wildman–Crippen LogP) is 1.85. The quantitative estimate of drug-likeness (QED) is 0.722. The van der Waals surface area contributed by atoms with Crippen LogP contribution in [0, 0.1) is 0 Å². The second kappa shape index (κ2) is 3.99. The molecule has 2 heterocycles. The minimum absolute atomic E-state index is 0.541. The van der Waals surface area contributed by atoms with Gasteiger partial charge in [-0.15, -0.1) is 0 Å². The molecule has 4 heteroatoms. The Kier molecular flexibility index (Phi) is 2.34. The molecule has 4 nitrogen and oxygen atoms in total. The van der Waals surface area contributed by atoms with Crippen molar-refractivity contribution in [2.24, 2.45) is 5.73 Å².